The zero-order chi connectivity index (χ0) is 13.9. The second-order valence-electron chi connectivity index (χ2n) is 5.11. The molecule has 0 aliphatic carbocycles. The number of benzene rings is 1. The van der Waals surface area contributed by atoms with E-state index >= 15 is 0 Å². The molecule has 2 rings (SSSR count). The monoisotopic (exact) mass is 281 g/mol. The van der Waals surface area contributed by atoms with Gasteiger partial charge in [0.25, 0.3) is 0 Å². The Bertz CT molecular complexity index is 543. The van der Waals surface area contributed by atoms with Crippen LogP contribution in [0.15, 0.2) is 24.3 Å². The minimum absolute atomic E-state index is 0.0626. The molecule has 1 aliphatic heterocycles. The van der Waals surface area contributed by atoms with Crippen molar-refractivity contribution in [2.75, 3.05) is 18.8 Å². The van der Waals surface area contributed by atoms with E-state index in [1.165, 1.54) is 0 Å². The first-order valence-corrected chi connectivity index (χ1v) is 8.32. The van der Waals surface area contributed by atoms with Gasteiger partial charge >= 0.3 is 0 Å². The van der Waals surface area contributed by atoms with E-state index in [-0.39, 0.29) is 17.4 Å². The fraction of sp³-hybridized carbons (Fsp3) is 0.500. The van der Waals surface area contributed by atoms with Gasteiger partial charge in [-0.15, -0.1) is 0 Å². The highest BCUT2D eigenvalue weighted by atomic mass is 32.2. The molecule has 104 valence electrons. The maximum absolute atomic E-state index is 12.0. The van der Waals surface area contributed by atoms with Gasteiger partial charge in [-0.25, -0.2) is 8.42 Å². The normalized spacial score (nSPS) is 15.7. The number of rotatable bonds is 4. The average molecular weight is 281 g/mol. The van der Waals surface area contributed by atoms with Crippen LogP contribution in [0.1, 0.15) is 24.0 Å². The number of hydrogen-bond donors (Lipinski definition) is 0. The van der Waals surface area contributed by atoms with Gasteiger partial charge in [0.05, 0.1) is 5.75 Å². The van der Waals surface area contributed by atoms with E-state index in [2.05, 4.69) is 0 Å². The number of nitrogens with zero attached hydrogens (tertiary/aromatic N) is 1. The molecule has 0 N–H and O–H groups in total. The Morgan fingerprint density at radius 2 is 1.74 bits per heavy atom. The number of amides is 1. The van der Waals surface area contributed by atoms with Gasteiger partial charge in [0.2, 0.25) is 5.91 Å². The molecule has 19 heavy (non-hydrogen) atoms. The third-order valence-corrected chi connectivity index (χ3v) is 4.77. The summed E-state index contributed by atoms with van der Waals surface area (Å²) in [4.78, 5) is 13.5. The molecule has 0 atom stereocenters. The van der Waals surface area contributed by atoms with Crippen LogP contribution < -0.4 is 0 Å². The van der Waals surface area contributed by atoms with Crippen molar-refractivity contribution in [2.45, 2.75) is 25.5 Å². The van der Waals surface area contributed by atoms with Crippen LogP contribution >= 0.6 is 0 Å². The quantitative estimate of drug-likeness (QED) is 0.841. The van der Waals surface area contributed by atoms with E-state index in [1.54, 1.807) is 17.0 Å². The summed E-state index contributed by atoms with van der Waals surface area (Å²) in [5, 5.41) is 0. The Kier molecular flexibility index (Phi) is 4.24. The first-order chi connectivity index (χ1) is 8.96. The van der Waals surface area contributed by atoms with Crippen LogP contribution in [0.5, 0.6) is 0 Å². The fourth-order valence-corrected chi connectivity index (χ4v) is 3.60. The zero-order valence-corrected chi connectivity index (χ0v) is 11.9. The molecule has 4 nitrogen and oxygen atoms in total. The number of hydrogen-bond acceptors (Lipinski definition) is 3. The predicted octanol–water partition coefficient (Wildman–Crippen LogP) is 1.53. The summed E-state index contributed by atoms with van der Waals surface area (Å²) in [6, 6.07) is 7.36. The topological polar surface area (TPSA) is 54.5 Å². The highest BCUT2D eigenvalue weighted by Crippen LogP contribution is 2.12. The van der Waals surface area contributed by atoms with Crippen molar-refractivity contribution in [3.63, 3.8) is 0 Å². The molecule has 0 aromatic heterocycles. The largest absolute Gasteiger partial charge is 0.342 e. The van der Waals surface area contributed by atoms with Gasteiger partial charge in [-0.3, -0.25) is 4.79 Å². The van der Waals surface area contributed by atoms with E-state index in [9.17, 15) is 13.2 Å². The second-order valence-corrected chi connectivity index (χ2v) is 7.17. The lowest BCUT2D eigenvalue weighted by atomic mass is 10.2. The van der Waals surface area contributed by atoms with E-state index in [0.717, 1.165) is 24.0 Å². The first kappa shape index (κ1) is 14.1. The third-order valence-electron chi connectivity index (χ3n) is 3.31. The van der Waals surface area contributed by atoms with Gasteiger partial charge in [-0.05, 0) is 25.3 Å². The molecular formula is C14H19NO3S. The molecule has 0 unspecified atom stereocenters. The highest BCUT2D eigenvalue weighted by molar-refractivity contribution is 7.91. The lowest BCUT2D eigenvalue weighted by Crippen LogP contribution is -2.33. The Morgan fingerprint density at radius 1 is 1.16 bits per heavy atom. The minimum atomic E-state index is -3.38. The summed E-state index contributed by atoms with van der Waals surface area (Å²) >= 11 is 0. The van der Waals surface area contributed by atoms with Gasteiger partial charge in [-0.1, -0.05) is 29.8 Å². The summed E-state index contributed by atoms with van der Waals surface area (Å²) in [6.07, 6.45) is 1.95. The Balaban J connectivity index is 1.98. The number of aryl methyl sites for hydroxylation is 1. The Hall–Kier alpha value is -1.36. The Morgan fingerprint density at radius 3 is 2.32 bits per heavy atom. The van der Waals surface area contributed by atoms with E-state index in [0.29, 0.717) is 13.1 Å². The van der Waals surface area contributed by atoms with Gasteiger partial charge < -0.3 is 4.90 Å². The lowest BCUT2D eigenvalue weighted by molar-refractivity contribution is -0.127. The van der Waals surface area contributed by atoms with Crippen molar-refractivity contribution in [3.8, 4) is 0 Å². The summed E-state index contributed by atoms with van der Waals surface area (Å²) in [5.74, 6) is -0.696. The first-order valence-electron chi connectivity index (χ1n) is 6.50. The van der Waals surface area contributed by atoms with Gasteiger partial charge in [0, 0.05) is 13.1 Å². The van der Waals surface area contributed by atoms with E-state index in [4.69, 9.17) is 0 Å². The van der Waals surface area contributed by atoms with E-state index < -0.39 is 9.84 Å². The van der Waals surface area contributed by atoms with Gasteiger partial charge in [-0.2, -0.15) is 0 Å². The molecule has 5 heteroatoms. The van der Waals surface area contributed by atoms with Crippen LogP contribution in [-0.2, 0) is 20.4 Å². The number of sulfone groups is 1. The summed E-state index contributed by atoms with van der Waals surface area (Å²) in [7, 11) is -3.38. The molecule has 1 aromatic rings. The molecular weight excluding hydrogens is 262 g/mol. The van der Waals surface area contributed by atoms with Crippen LogP contribution in [-0.4, -0.2) is 38.1 Å². The second kappa shape index (κ2) is 5.74. The average Bonchev–Trinajstić information content (AvgIpc) is 2.85. The molecule has 1 aliphatic rings. The number of carbonyl (C=O) groups excluding carboxylic acids is 1. The molecule has 1 saturated heterocycles. The maximum Gasteiger partial charge on any atom is 0.237 e. The van der Waals surface area contributed by atoms with Crippen molar-refractivity contribution in [1.29, 1.82) is 0 Å². The molecule has 0 saturated carbocycles. The summed E-state index contributed by atoms with van der Waals surface area (Å²) in [5.41, 5.74) is 1.83. The molecule has 0 bridgehead atoms. The Labute approximate surface area is 114 Å². The molecule has 0 radical (unpaired) electrons. The highest BCUT2D eigenvalue weighted by Gasteiger charge is 2.24. The van der Waals surface area contributed by atoms with Crippen molar-refractivity contribution in [2.24, 2.45) is 0 Å². The molecule has 1 fully saturated rings. The number of carbonyl (C=O) groups is 1. The molecule has 1 heterocycles. The third kappa shape index (κ3) is 4.06. The van der Waals surface area contributed by atoms with Crippen LogP contribution in [0.3, 0.4) is 0 Å². The summed E-state index contributed by atoms with van der Waals surface area (Å²) in [6.45, 7) is 3.34. The van der Waals surface area contributed by atoms with Gasteiger partial charge in [0.1, 0.15) is 5.75 Å². The van der Waals surface area contributed by atoms with Crippen molar-refractivity contribution >= 4 is 15.7 Å². The van der Waals surface area contributed by atoms with Crippen molar-refractivity contribution in [1.82, 2.24) is 4.90 Å². The van der Waals surface area contributed by atoms with Crippen molar-refractivity contribution < 1.29 is 13.2 Å². The van der Waals surface area contributed by atoms with E-state index in [1.807, 2.05) is 19.1 Å². The standard InChI is InChI=1S/C14H19NO3S/c1-12-4-6-13(7-5-12)10-19(17,18)11-14(16)15-8-2-3-9-15/h4-7H,2-3,8-11H2,1H3. The van der Waals surface area contributed by atoms with Crippen LogP contribution in [0.4, 0.5) is 0 Å². The zero-order valence-electron chi connectivity index (χ0n) is 11.1. The predicted molar refractivity (Wildman–Crippen MR) is 74.5 cm³/mol. The molecule has 1 amide bonds. The number of likely N-dealkylation sites (tertiary alicyclic amines) is 1. The SMILES string of the molecule is Cc1ccc(CS(=O)(=O)CC(=O)N2CCCC2)cc1. The van der Waals surface area contributed by atoms with Gasteiger partial charge in [0.15, 0.2) is 9.84 Å². The summed E-state index contributed by atoms with van der Waals surface area (Å²) < 4.78 is 24.0. The smallest absolute Gasteiger partial charge is 0.237 e. The van der Waals surface area contributed by atoms with Crippen molar-refractivity contribution in [3.05, 3.63) is 35.4 Å². The fourth-order valence-electron chi connectivity index (χ4n) is 2.24. The minimum Gasteiger partial charge on any atom is -0.342 e. The maximum atomic E-state index is 12.0. The van der Waals surface area contributed by atoms with Crippen LogP contribution in [0, 0.1) is 6.92 Å². The van der Waals surface area contributed by atoms with Crippen LogP contribution in [0.25, 0.3) is 0 Å². The molecule has 0 spiro atoms. The van der Waals surface area contributed by atoms with Crippen LogP contribution in [0.2, 0.25) is 0 Å². The lowest BCUT2D eigenvalue weighted by Gasteiger charge is -2.15. The molecule has 1 aromatic carbocycles.